The predicted octanol–water partition coefficient (Wildman–Crippen LogP) is -0.940. The number of hydrogen-bond acceptors (Lipinski definition) is 5. The lowest BCUT2D eigenvalue weighted by Gasteiger charge is -1.95. The fourth-order valence-electron chi connectivity index (χ4n) is 1.05. The fraction of sp³-hybridized carbons (Fsp3) is 0.333. The summed E-state index contributed by atoms with van der Waals surface area (Å²) in [5.74, 6) is 0. The normalized spacial score (nSPS) is 10.6. The van der Waals surface area contributed by atoms with Crippen LogP contribution in [0.1, 0.15) is 0 Å². The molecule has 2 aromatic rings. The number of hydrogen-bond donors (Lipinski definition) is 1. The Bertz CT molecular complexity index is 499. The van der Waals surface area contributed by atoms with E-state index in [1.807, 2.05) is 0 Å². The third kappa shape index (κ3) is 1.05. The zero-order valence-electron chi connectivity index (χ0n) is 7.11. The third-order valence-electron chi connectivity index (χ3n) is 1.65. The second kappa shape index (κ2) is 2.54. The number of H-pyrrole nitrogens is 1. The van der Waals surface area contributed by atoms with Gasteiger partial charge >= 0.3 is 0 Å². The molecule has 0 aliphatic carbocycles. The number of fused-ring (bicyclic) bond motifs is 1. The van der Waals surface area contributed by atoms with Crippen LogP contribution in [0.5, 0.6) is 6.01 Å². The lowest BCUT2D eigenvalue weighted by molar-refractivity contribution is 0.380. The molecule has 0 bridgehead atoms. The molecule has 0 saturated heterocycles. The first-order valence-electron chi connectivity index (χ1n) is 3.56. The van der Waals surface area contributed by atoms with E-state index in [2.05, 4.69) is 20.3 Å². The van der Waals surface area contributed by atoms with E-state index in [1.54, 1.807) is 7.05 Å². The van der Waals surface area contributed by atoms with Crippen LogP contribution in [0.3, 0.4) is 0 Å². The number of rotatable bonds is 1. The SMILES string of the molecule is COc1nc2nnn(C)c2c(=O)[nH]1. The van der Waals surface area contributed by atoms with Crippen molar-refractivity contribution in [2.24, 2.45) is 7.05 Å². The summed E-state index contributed by atoms with van der Waals surface area (Å²) in [6.07, 6.45) is 0. The van der Waals surface area contributed by atoms with Gasteiger partial charge in [0.1, 0.15) is 0 Å². The van der Waals surface area contributed by atoms with Gasteiger partial charge in [-0.1, -0.05) is 5.21 Å². The average molecular weight is 181 g/mol. The summed E-state index contributed by atoms with van der Waals surface area (Å²) in [5.41, 5.74) is 0.304. The molecule has 0 radical (unpaired) electrons. The molecule has 1 N–H and O–H groups in total. The zero-order chi connectivity index (χ0) is 9.42. The highest BCUT2D eigenvalue weighted by Gasteiger charge is 2.08. The summed E-state index contributed by atoms with van der Waals surface area (Å²) in [4.78, 5) is 17.7. The molecular weight excluding hydrogens is 174 g/mol. The molecule has 7 heteroatoms. The first-order chi connectivity index (χ1) is 6.22. The summed E-state index contributed by atoms with van der Waals surface area (Å²) >= 11 is 0. The highest BCUT2D eigenvalue weighted by Crippen LogP contribution is 2.04. The summed E-state index contributed by atoms with van der Waals surface area (Å²) < 4.78 is 6.13. The molecule has 0 aliphatic heterocycles. The van der Waals surface area contributed by atoms with E-state index in [4.69, 9.17) is 4.74 Å². The number of nitrogens with zero attached hydrogens (tertiary/aromatic N) is 4. The Morgan fingerprint density at radius 1 is 1.54 bits per heavy atom. The van der Waals surface area contributed by atoms with Crippen LogP contribution < -0.4 is 10.3 Å². The Balaban J connectivity index is 2.87. The van der Waals surface area contributed by atoms with Gasteiger partial charge in [0.2, 0.25) is 5.65 Å². The summed E-state index contributed by atoms with van der Waals surface area (Å²) in [5, 5.41) is 7.35. The van der Waals surface area contributed by atoms with Gasteiger partial charge in [-0.3, -0.25) is 9.78 Å². The Morgan fingerprint density at radius 2 is 2.31 bits per heavy atom. The van der Waals surface area contributed by atoms with Crippen molar-refractivity contribution in [3.05, 3.63) is 10.4 Å². The molecule has 68 valence electrons. The third-order valence-corrected chi connectivity index (χ3v) is 1.65. The highest BCUT2D eigenvalue weighted by molar-refractivity contribution is 5.68. The zero-order valence-corrected chi connectivity index (χ0v) is 7.11. The topological polar surface area (TPSA) is 85.7 Å². The lowest BCUT2D eigenvalue weighted by Crippen LogP contribution is -2.12. The molecule has 0 fully saturated rings. The Kier molecular flexibility index (Phi) is 1.51. The van der Waals surface area contributed by atoms with Crippen LogP contribution in [0, 0.1) is 0 Å². The van der Waals surface area contributed by atoms with E-state index in [1.165, 1.54) is 11.8 Å². The highest BCUT2D eigenvalue weighted by atomic mass is 16.5. The second-order valence-corrected chi connectivity index (χ2v) is 2.46. The molecule has 0 unspecified atom stereocenters. The van der Waals surface area contributed by atoms with Gasteiger partial charge in [-0.15, -0.1) is 5.10 Å². The maximum absolute atomic E-state index is 11.4. The summed E-state index contributed by atoms with van der Waals surface area (Å²) in [6.45, 7) is 0. The summed E-state index contributed by atoms with van der Waals surface area (Å²) in [6, 6.07) is 0.137. The molecule has 2 aromatic heterocycles. The van der Waals surface area contributed by atoms with Crippen molar-refractivity contribution in [3.63, 3.8) is 0 Å². The van der Waals surface area contributed by atoms with Crippen LogP contribution >= 0.6 is 0 Å². The standard InChI is InChI=1S/C6H7N5O2/c1-11-3-4(9-10-11)7-6(13-2)8-5(3)12/h1-2H3,(H,7,8,12). The number of ether oxygens (including phenoxy) is 1. The smallest absolute Gasteiger partial charge is 0.298 e. The molecule has 2 rings (SSSR count). The molecule has 0 atom stereocenters. The van der Waals surface area contributed by atoms with Crippen LogP contribution in [-0.4, -0.2) is 32.1 Å². The molecular formula is C6H7N5O2. The first kappa shape index (κ1) is 7.71. The van der Waals surface area contributed by atoms with Crippen LogP contribution in [0.25, 0.3) is 11.2 Å². The Morgan fingerprint density at radius 3 is 3.00 bits per heavy atom. The number of nitrogens with one attached hydrogen (secondary N) is 1. The largest absolute Gasteiger partial charge is 0.468 e. The van der Waals surface area contributed by atoms with Crippen molar-refractivity contribution in [2.45, 2.75) is 0 Å². The number of aromatic nitrogens is 5. The van der Waals surface area contributed by atoms with Gasteiger partial charge in [0, 0.05) is 7.05 Å². The number of aromatic amines is 1. The van der Waals surface area contributed by atoms with Gasteiger partial charge in [0.25, 0.3) is 11.6 Å². The molecule has 0 aromatic carbocycles. The van der Waals surface area contributed by atoms with E-state index < -0.39 is 0 Å². The molecule has 0 amide bonds. The maximum Gasteiger partial charge on any atom is 0.298 e. The van der Waals surface area contributed by atoms with Gasteiger partial charge in [-0.2, -0.15) is 4.98 Å². The number of aryl methyl sites for hydroxylation is 1. The number of methoxy groups -OCH3 is 1. The Hall–Kier alpha value is -1.92. The molecule has 7 nitrogen and oxygen atoms in total. The molecule has 0 spiro atoms. The van der Waals surface area contributed by atoms with E-state index in [0.717, 1.165) is 0 Å². The summed E-state index contributed by atoms with van der Waals surface area (Å²) in [7, 11) is 3.04. The van der Waals surface area contributed by atoms with Crippen molar-refractivity contribution in [1.29, 1.82) is 0 Å². The quantitative estimate of drug-likeness (QED) is 0.613. The average Bonchev–Trinajstić information content (AvgIpc) is 2.48. The predicted molar refractivity (Wildman–Crippen MR) is 43.5 cm³/mol. The van der Waals surface area contributed by atoms with Crippen LogP contribution in [-0.2, 0) is 7.05 Å². The minimum atomic E-state index is -0.311. The van der Waals surface area contributed by atoms with Gasteiger partial charge in [0.15, 0.2) is 5.52 Å². The van der Waals surface area contributed by atoms with Crippen LogP contribution in [0.4, 0.5) is 0 Å². The van der Waals surface area contributed by atoms with Crippen LogP contribution in [0.15, 0.2) is 4.79 Å². The van der Waals surface area contributed by atoms with Crippen molar-refractivity contribution in [3.8, 4) is 6.01 Å². The molecule has 0 aliphatic rings. The van der Waals surface area contributed by atoms with Crippen molar-refractivity contribution >= 4 is 11.2 Å². The van der Waals surface area contributed by atoms with Gasteiger partial charge < -0.3 is 4.74 Å². The minimum absolute atomic E-state index is 0.137. The maximum atomic E-state index is 11.4. The van der Waals surface area contributed by atoms with E-state index >= 15 is 0 Å². The van der Waals surface area contributed by atoms with E-state index in [-0.39, 0.29) is 17.2 Å². The van der Waals surface area contributed by atoms with Gasteiger partial charge in [0.05, 0.1) is 7.11 Å². The molecule has 2 heterocycles. The monoisotopic (exact) mass is 181 g/mol. The second-order valence-electron chi connectivity index (χ2n) is 2.46. The van der Waals surface area contributed by atoms with Gasteiger partial charge in [-0.05, 0) is 0 Å². The minimum Gasteiger partial charge on any atom is -0.468 e. The lowest BCUT2D eigenvalue weighted by atomic mass is 10.5. The first-order valence-corrected chi connectivity index (χ1v) is 3.56. The van der Waals surface area contributed by atoms with E-state index in [9.17, 15) is 4.79 Å². The fourth-order valence-corrected chi connectivity index (χ4v) is 1.05. The van der Waals surface area contributed by atoms with Gasteiger partial charge in [-0.25, -0.2) is 4.68 Å². The van der Waals surface area contributed by atoms with Crippen molar-refractivity contribution < 1.29 is 4.74 Å². The molecule has 13 heavy (non-hydrogen) atoms. The van der Waals surface area contributed by atoms with Crippen LogP contribution in [0.2, 0.25) is 0 Å². The van der Waals surface area contributed by atoms with Crippen molar-refractivity contribution in [2.75, 3.05) is 7.11 Å². The van der Waals surface area contributed by atoms with E-state index in [0.29, 0.717) is 5.52 Å². The Labute approximate surface area is 72.4 Å². The molecule has 0 saturated carbocycles. The van der Waals surface area contributed by atoms with Crippen molar-refractivity contribution in [1.82, 2.24) is 25.0 Å².